The van der Waals surface area contributed by atoms with Gasteiger partial charge >= 0.3 is 0 Å². The Morgan fingerprint density at radius 3 is 2.63 bits per heavy atom. The van der Waals surface area contributed by atoms with Gasteiger partial charge in [-0.2, -0.15) is 0 Å². The van der Waals surface area contributed by atoms with E-state index in [1.54, 1.807) is 11.9 Å². The fourth-order valence-corrected chi connectivity index (χ4v) is 5.03. The van der Waals surface area contributed by atoms with Crippen LogP contribution in [0.2, 0.25) is 0 Å². The number of hydrogen-bond donors (Lipinski definition) is 0. The highest BCUT2D eigenvalue weighted by Gasteiger charge is 2.26. The number of anilines is 1. The topological polar surface area (TPSA) is 82.0 Å². The van der Waals surface area contributed by atoms with Crippen molar-refractivity contribution >= 4 is 23.6 Å². The molecule has 1 saturated heterocycles. The molecule has 0 aliphatic carbocycles. The number of carbonyl (C=O) groups excluding carboxylic acids is 1. The molecule has 184 valence electrons. The second-order valence-electron chi connectivity index (χ2n) is 8.56. The first-order valence-electron chi connectivity index (χ1n) is 11.7. The number of likely N-dealkylation sites (N-methyl/N-ethyl adjacent to an activating group) is 1. The summed E-state index contributed by atoms with van der Waals surface area (Å²) in [5.41, 5.74) is 2.12. The standard InChI is InChI=1S/C25H29N5O4S/c1-18-7-3-4-8-20(18)30-24(29-11-13-32-14-12-29)26-27-25(30)35-17-23(31)28(2)15-19-16-33-21-9-5-6-10-22(21)34-19/h3-10,19H,11-17H2,1-2H3/t19-/m0/s1. The van der Waals surface area contributed by atoms with Crippen LogP contribution in [0.3, 0.4) is 0 Å². The zero-order valence-electron chi connectivity index (χ0n) is 19.9. The Morgan fingerprint density at radius 2 is 1.83 bits per heavy atom. The Labute approximate surface area is 209 Å². The molecule has 5 rings (SSSR count). The minimum atomic E-state index is -0.215. The van der Waals surface area contributed by atoms with Crippen LogP contribution in [0.5, 0.6) is 11.5 Å². The van der Waals surface area contributed by atoms with E-state index in [9.17, 15) is 4.79 Å². The highest BCUT2D eigenvalue weighted by atomic mass is 32.2. The number of rotatable bonds is 7. The summed E-state index contributed by atoms with van der Waals surface area (Å²) in [6.07, 6.45) is -0.215. The molecule has 1 amide bonds. The molecule has 3 aromatic rings. The number of amides is 1. The second kappa shape index (κ2) is 10.6. The van der Waals surface area contributed by atoms with E-state index >= 15 is 0 Å². The van der Waals surface area contributed by atoms with Crippen LogP contribution in [0.25, 0.3) is 5.69 Å². The predicted octanol–water partition coefficient (Wildman–Crippen LogP) is 2.80. The molecule has 35 heavy (non-hydrogen) atoms. The molecule has 0 spiro atoms. The molecule has 2 aromatic carbocycles. The highest BCUT2D eigenvalue weighted by Crippen LogP contribution is 2.31. The Bertz CT molecular complexity index is 1180. The van der Waals surface area contributed by atoms with Crippen LogP contribution in [0.15, 0.2) is 53.7 Å². The third-order valence-electron chi connectivity index (χ3n) is 6.06. The monoisotopic (exact) mass is 495 g/mol. The van der Waals surface area contributed by atoms with Crippen molar-refractivity contribution in [3.8, 4) is 17.2 Å². The number of fused-ring (bicyclic) bond motifs is 1. The average Bonchev–Trinajstić information content (AvgIpc) is 3.31. The van der Waals surface area contributed by atoms with Crippen LogP contribution < -0.4 is 14.4 Å². The molecule has 1 fully saturated rings. The number of nitrogens with zero attached hydrogens (tertiary/aromatic N) is 5. The first kappa shape index (κ1) is 23.5. The molecule has 0 bridgehead atoms. The molecule has 9 nitrogen and oxygen atoms in total. The molecular weight excluding hydrogens is 466 g/mol. The number of benzene rings is 2. The Hall–Kier alpha value is -3.24. The molecule has 0 saturated carbocycles. The predicted molar refractivity (Wildman–Crippen MR) is 134 cm³/mol. The van der Waals surface area contributed by atoms with Crippen molar-refractivity contribution in [1.82, 2.24) is 19.7 Å². The molecule has 0 N–H and O–H groups in total. The van der Waals surface area contributed by atoms with Crippen molar-refractivity contribution < 1.29 is 19.0 Å². The van der Waals surface area contributed by atoms with Gasteiger partial charge in [-0.1, -0.05) is 42.1 Å². The zero-order valence-corrected chi connectivity index (χ0v) is 20.7. The van der Waals surface area contributed by atoms with Crippen molar-refractivity contribution in [3.63, 3.8) is 0 Å². The Kier molecular flexibility index (Phi) is 7.10. The quantitative estimate of drug-likeness (QED) is 0.463. The van der Waals surface area contributed by atoms with Crippen molar-refractivity contribution in [2.45, 2.75) is 18.2 Å². The van der Waals surface area contributed by atoms with Crippen molar-refractivity contribution in [2.75, 3.05) is 57.2 Å². The maximum absolute atomic E-state index is 13.0. The molecule has 2 aliphatic rings. The highest BCUT2D eigenvalue weighted by molar-refractivity contribution is 7.99. The van der Waals surface area contributed by atoms with Gasteiger partial charge in [0.2, 0.25) is 11.9 Å². The van der Waals surface area contributed by atoms with Crippen LogP contribution in [-0.4, -0.2) is 83.9 Å². The Balaban J connectivity index is 1.27. The average molecular weight is 496 g/mol. The largest absolute Gasteiger partial charge is 0.486 e. The smallest absolute Gasteiger partial charge is 0.232 e. The van der Waals surface area contributed by atoms with E-state index in [0.29, 0.717) is 37.3 Å². The number of carbonyl (C=O) groups is 1. The lowest BCUT2D eigenvalue weighted by Crippen LogP contribution is -2.42. The fraction of sp³-hybridized carbons (Fsp3) is 0.400. The number of para-hydroxylation sites is 3. The third kappa shape index (κ3) is 5.23. The summed E-state index contributed by atoms with van der Waals surface area (Å²) >= 11 is 1.39. The van der Waals surface area contributed by atoms with Crippen LogP contribution in [-0.2, 0) is 9.53 Å². The number of hydrogen-bond acceptors (Lipinski definition) is 8. The van der Waals surface area contributed by atoms with Gasteiger partial charge in [0.1, 0.15) is 6.61 Å². The van der Waals surface area contributed by atoms with Crippen LogP contribution >= 0.6 is 11.8 Å². The summed E-state index contributed by atoms with van der Waals surface area (Å²) in [5, 5.41) is 9.64. The van der Waals surface area contributed by atoms with Crippen LogP contribution in [0, 0.1) is 6.92 Å². The first-order valence-corrected chi connectivity index (χ1v) is 12.7. The first-order chi connectivity index (χ1) is 17.1. The van der Waals surface area contributed by atoms with Gasteiger partial charge in [-0.25, -0.2) is 0 Å². The molecule has 1 atom stereocenters. The number of morpholine rings is 1. The lowest BCUT2D eigenvalue weighted by atomic mass is 10.2. The minimum absolute atomic E-state index is 0.00952. The second-order valence-corrected chi connectivity index (χ2v) is 9.51. The Morgan fingerprint density at radius 1 is 1.09 bits per heavy atom. The number of ether oxygens (including phenoxy) is 3. The number of aromatic nitrogens is 3. The summed E-state index contributed by atoms with van der Waals surface area (Å²) in [4.78, 5) is 16.8. The number of aryl methyl sites for hydroxylation is 1. The molecular formula is C25H29N5O4S. The van der Waals surface area contributed by atoms with E-state index in [0.717, 1.165) is 36.0 Å². The van der Waals surface area contributed by atoms with Gasteiger partial charge in [-0.3, -0.25) is 9.36 Å². The van der Waals surface area contributed by atoms with Crippen molar-refractivity contribution in [3.05, 3.63) is 54.1 Å². The van der Waals surface area contributed by atoms with E-state index in [-0.39, 0.29) is 17.8 Å². The zero-order chi connectivity index (χ0) is 24.2. The summed E-state index contributed by atoms with van der Waals surface area (Å²) in [6, 6.07) is 15.7. The molecule has 0 radical (unpaired) electrons. The van der Waals surface area contributed by atoms with E-state index in [2.05, 4.69) is 34.2 Å². The van der Waals surface area contributed by atoms with Gasteiger partial charge in [-0.05, 0) is 30.7 Å². The summed E-state index contributed by atoms with van der Waals surface area (Å²) < 4.78 is 19.3. The van der Waals surface area contributed by atoms with Crippen molar-refractivity contribution in [2.24, 2.45) is 0 Å². The van der Waals surface area contributed by atoms with E-state index < -0.39 is 0 Å². The van der Waals surface area contributed by atoms with Gasteiger partial charge in [0.05, 0.1) is 31.2 Å². The maximum atomic E-state index is 13.0. The number of thioether (sulfide) groups is 1. The lowest BCUT2D eigenvalue weighted by molar-refractivity contribution is -0.128. The van der Waals surface area contributed by atoms with E-state index in [1.807, 2.05) is 41.0 Å². The summed E-state index contributed by atoms with van der Waals surface area (Å²) in [6.45, 7) is 5.74. The lowest BCUT2D eigenvalue weighted by Gasteiger charge is -2.29. The van der Waals surface area contributed by atoms with Crippen molar-refractivity contribution in [1.29, 1.82) is 0 Å². The molecule has 10 heteroatoms. The molecule has 2 aliphatic heterocycles. The minimum Gasteiger partial charge on any atom is -0.486 e. The van der Waals surface area contributed by atoms with Crippen LogP contribution in [0.1, 0.15) is 5.56 Å². The third-order valence-corrected chi connectivity index (χ3v) is 6.98. The summed E-state index contributed by atoms with van der Waals surface area (Å²) in [5.74, 6) is 2.45. The van der Waals surface area contributed by atoms with Gasteiger partial charge in [0.15, 0.2) is 22.8 Å². The van der Waals surface area contributed by atoms with E-state index in [4.69, 9.17) is 14.2 Å². The molecule has 1 aromatic heterocycles. The summed E-state index contributed by atoms with van der Waals surface area (Å²) in [7, 11) is 1.79. The SMILES string of the molecule is Cc1ccccc1-n1c(SCC(=O)N(C)C[C@H]2COc3ccccc3O2)nnc1N1CCOCC1. The van der Waals surface area contributed by atoms with Gasteiger partial charge in [0, 0.05) is 20.1 Å². The maximum Gasteiger partial charge on any atom is 0.232 e. The van der Waals surface area contributed by atoms with Gasteiger partial charge < -0.3 is 24.0 Å². The molecule has 0 unspecified atom stereocenters. The fourth-order valence-electron chi connectivity index (χ4n) is 4.15. The normalized spacial score (nSPS) is 17.3. The van der Waals surface area contributed by atoms with Gasteiger partial charge in [-0.15, -0.1) is 10.2 Å². The van der Waals surface area contributed by atoms with E-state index in [1.165, 1.54) is 11.8 Å². The van der Waals surface area contributed by atoms with Crippen LogP contribution in [0.4, 0.5) is 5.95 Å². The van der Waals surface area contributed by atoms with Gasteiger partial charge in [0.25, 0.3) is 0 Å². The molecule has 3 heterocycles.